The van der Waals surface area contributed by atoms with Crippen LogP contribution in [0.3, 0.4) is 0 Å². The molecule has 5 nitrogen and oxygen atoms in total. The lowest BCUT2D eigenvalue weighted by molar-refractivity contribution is 0.310. The lowest BCUT2D eigenvalue weighted by Gasteiger charge is -2.43. The maximum Gasteiger partial charge on any atom is 0.252 e. The Kier molecular flexibility index (Phi) is 4.20. The van der Waals surface area contributed by atoms with E-state index in [0.29, 0.717) is 17.3 Å². The normalized spacial score (nSPS) is 16.0. The van der Waals surface area contributed by atoms with E-state index in [1.165, 1.54) is 15.6 Å². The van der Waals surface area contributed by atoms with Crippen molar-refractivity contribution in [1.82, 2.24) is 9.29 Å². The van der Waals surface area contributed by atoms with Crippen molar-refractivity contribution in [2.24, 2.45) is 0 Å². The Bertz CT molecular complexity index is 737. The van der Waals surface area contributed by atoms with Gasteiger partial charge in [0.2, 0.25) is 0 Å². The molecule has 118 valence electrons. The van der Waals surface area contributed by atoms with Crippen LogP contribution in [0.15, 0.2) is 40.7 Å². The van der Waals surface area contributed by atoms with Crippen molar-refractivity contribution in [2.45, 2.75) is 23.6 Å². The minimum atomic E-state index is -3.39. The molecule has 0 radical (unpaired) electrons. The summed E-state index contributed by atoms with van der Waals surface area (Å²) in [5.74, 6) is 0.897. The molecule has 0 atom stereocenters. The molecule has 0 spiro atoms. The van der Waals surface area contributed by atoms with Gasteiger partial charge in [0.25, 0.3) is 10.0 Å². The number of hydrogen-bond acceptors (Lipinski definition) is 5. The minimum absolute atomic E-state index is 0.000757. The van der Waals surface area contributed by atoms with Gasteiger partial charge in [-0.1, -0.05) is 13.0 Å². The van der Waals surface area contributed by atoms with Crippen LogP contribution < -0.4 is 4.90 Å². The predicted octanol–water partition coefficient (Wildman–Crippen LogP) is 2.21. The number of aryl methyl sites for hydroxylation is 1. The fraction of sp³-hybridized carbons (Fsp3) is 0.400. The van der Waals surface area contributed by atoms with Crippen LogP contribution in [0, 0.1) is 0 Å². The fourth-order valence-corrected chi connectivity index (χ4v) is 5.26. The number of sulfonamides is 1. The van der Waals surface area contributed by atoms with Crippen molar-refractivity contribution in [3.63, 3.8) is 0 Å². The number of nitrogens with zero attached hydrogens (tertiary/aromatic N) is 3. The second kappa shape index (κ2) is 5.98. The molecule has 22 heavy (non-hydrogen) atoms. The van der Waals surface area contributed by atoms with Crippen LogP contribution in [0.1, 0.15) is 11.8 Å². The topological polar surface area (TPSA) is 53.5 Å². The van der Waals surface area contributed by atoms with E-state index in [1.807, 2.05) is 31.2 Å². The third-order valence-electron chi connectivity index (χ3n) is 3.97. The van der Waals surface area contributed by atoms with Gasteiger partial charge in [-0.05, 0) is 30.7 Å². The van der Waals surface area contributed by atoms with Crippen molar-refractivity contribution in [2.75, 3.05) is 25.0 Å². The number of thiophene rings is 1. The van der Waals surface area contributed by atoms with Gasteiger partial charge in [-0.2, -0.15) is 4.31 Å². The van der Waals surface area contributed by atoms with Gasteiger partial charge in [0.15, 0.2) is 0 Å². The van der Waals surface area contributed by atoms with Gasteiger partial charge in [0, 0.05) is 31.2 Å². The molecule has 3 heterocycles. The lowest BCUT2D eigenvalue weighted by Crippen LogP contribution is -2.59. The van der Waals surface area contributed by atoms with E-state index in [1.54, 1.807) is 19.3 Å². The SMILES string of the molecule is CCc1ccc(S(=O)(=O)N(C)C2CN(c3ccccn3)C2)s1. The van der Waals surface area contributed by atoms with Crippen LogP contribution in [-0.2, 0) is 16.4 Å². The lowest BCUT2D eigenvalue weighted by atomic mass is 10.1. The summed E-state index contributed by atoms with van der Waals surface area (Å²) in [6.45, 7) is 3.39. The maximum absolute atomic E-state index is 12.6. The Morgan fingerprint density at radius 1 is 1.32 bits per heavy atom. The molecule has 0 unspecified atom stereocenters. The summed E-state index contributed by atoms with van der Waals surface area (Å²) in [5, 5.41) is 0. The summed E-state index contributed by atoms with van der Waals surface area (Å²) in [4.78, 5) is 7.47. The van der Waals surface area contributed by atoms with E-state index >= 15 is 0 Å². The van der Waals surface area contributed by atoms with Gasteiger partial charge in [0.1, 0.15) is 10.0 Å². The fourth-order valence-electron chi connectivity index (χ4n) is 2.44. The first-order valence-electron chi connectivity index (χ1n) is 7.25. The van der Waals surface area contributed by atoms with Crippen molar-refractivity contribution in [1.29, 1.82) is 0 Å². The summed E-state index contributed by atoms with van der Waals surface area (Å²) in [7, 11) is -1.72. The van der Waals surface area contributed by atoms with Crippen molar-refractivity contribution >= 4 is 27.2 Å². The highest BCUT2D eigenvalue weighted by molar-refractivity contribution is 7.91. The first kappa shape index (κ1) is 15.5. The molecule has 1 saturated heterocycles. The molecule has 1 aliphatic heterocycles. The van der Waals surface area contributed by atoms with Gasteiger partial charge in [-0.3, -0.25) is 0 Å². The second-order valence-electron chi connectivity index (χ2n) is 5.34. The van der Waals surface area contributed by atoms with Crippen LogP contribution in [0.5, 0.6) is 0 Å². The average molecular weight is 337 g/mol. The predicted molar refractivity (Wildman–Crippen MR) is 88.9 cm³/mol. The van der Waals surface area contributed by atoms with Crippen molar-refractivity contribution in [3.05, 3.63) is 41.4 Å². The Balaban J connectivity index is 1.69. The zero-order valence-electron chi connectivity index (χ0n) is 12.6. The first-order chi connectivity index (χ1) is 10.5. The molecule has 0 amide bonds. The van der Waals surface area contributed by atoms with E-state index in [-0.39, 0.29) is 6.04 Å². The summed E-state index contributed by atoms with van der Waals surface area (Å²) in [6.07, 6.45) is 2.61. The summed E-state index contributed by atoms with van der Waals surface area (Å²) >= 11 is 1.36. The van der Waals surface area contributed by atoms with Gasteiger partial charge in [-0.25, -0.2) is 13.4 Å². The molecular weight excluding hydrogens is 318 g/mol. The third-order valence-corrected chi connectivity index (χ3v) is 7.58. The molecule has 2 aromatic heterocycles. The van der Waals surface area contributed by atoms with Gasteiger partial charge >= 0.3 is 0 Å². The average Bonchev–Trinajstić information content (AvgIpc) is 2.96. The van der Waals surface area contributed by atoms with Crippen molar-refractivity contribution < 1.29 is 8.42 Å². The summed E-state index contributed by atoms with van der Waals surface area (Å²) in [5.41, 5.74) is 0. The van der Waals surface area contributed by atoms with E-state index in [4.69, 9.17) is 0 Å². The van der Waals surface area contributed by atoms with Gasteiger partial charge < -0.3 is 4.90 Å². The summed E-state index contributed by atoms with van der Waals surface area (Å²) in [6, 6.07) is 9.36. The number of hydrogen-bond donors (Lipinski definition) is 0. The van der Waals surface area contributed by atoms with Crippen LogP contribution in [0.4, 0.5) is 5.82 Å². The molecule has 0 aromatic carbocycles. The first-order valence-corrected chi connectivity index (χ1v) is 9.50. The molecule has 1 aliphatic rings. The molecule has 7 heteroatoms. The third kappa shape index (κ3) is 2.76. The number of likely N-dealkylation sites (N-methyl/N-ethyl adjacent to an activating group) is 1. The van der Waals surface area contributed by atoms with E-state index in [9.17, 15) is 8.42 Å². The van der Waals surface area contributed by atoms with Crippen LogP contribution in [-0.4, -0.2) is 43.9 Å². The van der Waals surface area contributed by atoms with E-state index < -0.39 is 10.0 Å². The molecule has 3 rings (SSSR count). The standard InChI is InChI=1S/C15H19N3O2S2/c1-3-13-7-8-15(21-13)22(19,20)17(2)12-10-18(11-12)14-6-4-5-9-16-14/h4-9,12H,3,10-11H2,1-2H3. The largest absolute Gasteiger partial charge is 0.353 e. The van der Waals surface area contributed by atoms with Crippen LogP contribution >= 0.6 is 11.3 Å². The minimum Gasteiger partial charge on any atom is -0.353 e. The second-order valence-corrected chi connectivity index (χ2v) is 8.73. The van der Waals surface area contributed by atoms with Crippen LogP contribution in [0.25, 0.3) is 0 Å². The molecule has 0 saturated carbocycles. The zero-order valence-corrected chi connectivity index (χ0v) is 14.3. The molecular formula is C15H19N3O2S2. The Morgan fingerprint density at radius 3 is 2.68 bits per heavy atom. The quantitative estimate of drug-likeness (QED) is 0.839. The highest BCUT2D eigenvalue weighted by Gasteiger charge is 2.37. The maximum atomic E-state index is 12.6. The Morgan fingerprint density at radius 2 is 2.09 bits per heavy atom. The monoisotopic (exact) mass is 337 g/mol. The smallest absolute Gasteiger partial charge is 0.252 e. The van der Waals surface area contributed by atoms with Gasteiger partial charge in [0.05, 0.1) is 6.04 Å². The van der Waals surface area contributed by atoms with Gasteiger partial charge in [-0.15, -0.1) is 11.3 Å². The number of rotatable bonds is 5. The highest BCUT2D eigenvalue weighted by Crippen LogP contribution is 2.29. The molecule has 2 aromatic rings. The number of aromatic nitrogens is 1. The van der Waals surface area contributed by atoms with Crippen molar-refractivity contribution in [3.8, 4) is 0 Å². The molecule has 0 N–H and O–H groups in total. The molecule has 0 aliphatic carbocycles. The van der Waals surface area contributed by atoms with E-state index in [0.717, 1.165) is 17.1 Å². The van der Waals surface area contributed by atoms with E-state index in [2.05, 4.69) is 9.88 Å². The molecule has 1 fully saturated rings. The Hall–Kier alpha value is -1.44. The summed E-state index contributed by atoms with van der Waals surface area (Å²) < 4.78 is 27.2. The molecule has 0 bridgehead atoms. The highest BCUT2D eigenvalue weighted by atomic mass is 32.2. The number of anilines is 1. The number of pyridine rings is 1. The van der Waals surface area contributed by atoms with Crippen LogP contribution in [0.2, 0.25) is 0 Å². The zero-order chi connectivity index (χ0) is 15.7. The Labute approximate surface area is 135 Å².